The number of aryl methyl sites for hydroxylation is 2. The van der Waals surface area contributed by atoms with Crippen molar-refractivity contribution in [3.63, 3.8) is 0 Å². The van der Waals surface area contributed by atoms with Gasteiger partial charge in [0.2, 0.25) is 0 Å². The molecule has 0 amide bonds. The molecule has 2 heteroatoms. The highest BCUT2D eigenvalue weighted by molar-refractivity contribution is 6.99. The van der Waals surface area contributed by atoms with Crippen molar-refractivity contribution in [2.45, 2.75) is 26.9 Å². The number of hydrogen-bond donors (Lipinski definition) is 0. The van der Waals surface area contributed by atoms with E-state index in [1.165, 1.54) is 21.9 Å². The third kappa shape index (κ3) is 4.02. The summed E-state index contributed by atoms with van der Waals surface area (Å²) in [5.41, 5.74) is 6.37. The van der Waals surface area contributed by atoms with Crippen LogP contribution in [0.5, 0.6) is 0 Å². The normalized spacial score (nSPS) is 15.1. The first-order valence-corrected chi connectivity index (χ1v) is 10.4. The van der Waals surface area contributed by atoms with Gasteiger partial charge in [-0.25, -0.2) is 0 Å². The molecule has 1 aliphatic rings. The molecule has 0 radical (unpaired) electrons. The summed E-state index contributed by atoms with van der Waals surface area (Å²) >= 11 is 0. The van der Waals surface area contributed by atoms with Gasteiger partial charge in [-0.05, 0) is 41.8 Å². The van der Waals surface area contributed by atoms with Crippen LogP contribution in [0.25, 0.3) is 5.20 Å². The first-order chi connectivity index (χ1) is 10.0. The lowest BCUT2D eigenvalue weighted by Gasteiger charge is -2.18. The van der Waals surface area contributed by atoms with E-state index in [2.05, 4.69) is 80.1 Å². The van der Waals surface area contributed by atoms with Crippen LogP contribution in [-0.4, -0.2) is 13.1 Å². The van der Waals surface area contributed by atoms with Crippen molar-refractivity contribution in [3.05, 3.63) is 83.3 Å². The average molecular weight is 293 g/mol. The Bertz CT molecular complexity index is 633. The number of rotatable bonds is 1. The first-order valence-electron chi connectivity index (χ1n) is 7.33. The molecule has 108 valence electrons. The molecule has 0 fully saturated rings. The molecule has 1 aliphatic heterocycles. The lowest BCUT2D eigenvalue weighted by Crippen LogP contribution is -2.22. The van der Waals surface area contributed by atoms with E-state index >= 15 is 0 Å². The van der Waals surface area contributed by atoms with Crippen LogP contribution in [0.1, 0.15) is 16.7 Å². The highest BCUT2D eigenvalue weighted by Crippen LogP contribution is 2.30. The fraction of sp³-hybridized carbons (Fsp3) is 0.211. The lowest BCUT2D eigenvalue weighted by atomic mass is 10.1. The van der Waals surface area contributed by atoms with Crippen LogP contribution in [0.3, 0.4) is 0 Å². The molecular weight excluding hydrogens is 270 g/mol. The van der Waals surface area contributed by atoms with Crippen molar-refractivity contribution in [1.29, 1.82) is 0 Å². The predicted molar refractivity (Wildman–Crippen MR) is 94.8 cm³/mol. The van der Waals surface area contributed by atoms with E-state index < -0.39 is 8.07 Å². The molecule has 1 aromatic heterocycles. The fourth-order valence-corrected chi connectivity index (χ4v) is 4.52. The minimum absolute atomic E-state index is 1.27. The molecule has 1 nitrogen and oxygen atoms in total. The topological polar surface area (TPSA) is 12.9 Å². The molecule has 1 aromatic carbocycles. The first kappa shape index (κ1) is 15.5. The van der Waals surface area contributed by atoms with Gasteiger partial charge in [0.1, 0.15) is 8.07 Å². The van der Waals surface area contributed by atoms with Gasteiger partial charge in [-0.1, -0.05) is 61.3 Å². The number of allylic oxidation sites excluding steroid dienone is 2. The SMILES string of the molecule is C[Si]1(C)C=CC=C1c1cccnc1.Cc1ccccc1C. The van der Waals surface area contributed by atoms with Gasteiger partial charge < -0.3 is 0 Å². The number of hydrogen-bond acceptors (Lipinski definition) is 1. The molecule has 21 heavy (non-hydrogen) atoms. The zero-order valence-electron chi connectivity index (χ0n) is 13.3. The van der Waals surface area contributed by atoms with Crippen molar-refractivity contribution in [2.75, 3.05) is 0 Å². The van der Waals surface area contributed by atoms with Crippen molar-refractivity contribution in [3.8, 4) is 0 Å². The molecular formula is C19H23NSi. The van der Waals surface area contributed by atoms with Gasteiger partial charge >= 0.3 is 0 Å². The van der Waals surface area contributed by atoms with Gasteiger partial charge in [-0.2, -0.15) is 0 Å². The Hall–Kier alpha value is -1.93. The summed E-state index contributed by atoms with van der Waals surface area (Å²) in [6.07, 6.45) is 8.17. The Balaban J connectivity index is 0.000000173. The fourth-order valence-electron chi connectivity index (χ4n) is 2.34. The summed E-state index contributed by atoms with van der Waals surface area (Å²) in [5.74, 6) is 0. The highest BCUT2D eigenvalue weighted by Gasteiger charge is 2.26. The van der Waals surface area contributed by atoms with Gasteiger partial charge in [-0.3, -0.25) is 4.98 Å². The molecule has 0 saturated carbocycles. The van der Waals surface area contributed by atoms with Crippen molar-refractivity contribution < 1.29 is 0 Å². The van der Waals surface area contributed by atoms with E-state index in [1.54, 1.807) is 0 Å². The second kappa shape index (κ2) is 6.68. The average Bonchev–Trinajstić information content (AvgIpc) is 2.83. The maximum atomic E-state index is 4.15. The van der Waals surface area contributed by atoms with Crippen LogP contribution in [-0.2, 0) is 0 Å². The van der Waals surface area contributed by atoms with Crippen LogP contribution in [0.2, 0.25) is 13.1 Å². The van der Waals surface area contributed by atoms with E-state index in [0.717, 1.165) is 0 Å². The number of benzene rings is 1. The zero-order valence-corrected chi connectivity index (χ0v) is 14.3. The maximum Gasteiger partial charge on any atom is 0.105 e. The second-order valence-electron chi connectivity index (χ2n) is 5.99. The summed E-state index contributed by atoms with van der Waals surface area (Å²) in [4.78, 5) is 4.15. The minimum atomic E-state index is -1.27. The molecule has 0 saturated heterocycles. The van der Waals surface area contributed by atoms with Gasteiger partial charge in [0.05, 0.1) is 0 Å². The summed E-state index contributed by atoms with van der Waals surface area (Å²) in [6.45, 7) is 8.95. The molecule has 0 N–H and O–H groups in total. The number of aromatic nitrogens is 1. The quantitative estimate of drug-likeness (QED) is 0.665. The van der Waals surface area contributed by atoms with Gasteiger partial charge in [0.25, 0.3) is 0 Å². The van der Waals surface area contributed by atoms with Gasteiger partial charge in [0.15, 0.2) is 0 Å². The molecule has 2 heterocycles. The van der Waals surface area contributed by atoms with Crippen LogP contribution < -0.4 is 0 Å². The minimum Gasteiger partial charge on any atom is -0.264 e. The van der Waals surface area contributed by atoms with E-state index in [9.17, 15) is 0 Å². The van der Waals surface area contributed by atoms with Crippen molar-refractivity contribution >= 4 is 13.3 Å². The summed E-state index contributed by atoms with van der Waals surface area (Å²) < 4.78 is 0. The molecule has 0 spiro atoms. The number of nitrogens with zero attached hydrogens (tertiary/aromatic N) is 1. The number of pyridine rings is 1. The molecule has 3 rings (SSSR count). The zero-order chi connectivity index (χ0) is 15.3. The highest BCUT2D eigenvalue weighted by atomic mass is 28.3. The van der Waals surface area contributed by atoms with E-state index in [1.807, 2.05) is 18.5 Å². The van der Waals surface area contributed by atoms with E-state index in [-0.39, 0.29) is 0 Å². The Morgan fingerprint density at radius 2 is 1.57 bits per heavy atom. The van der Waals surface area contributed by atoms with Crippen LogP contribution >= 0.6 is 0 Å². The van der Waals surface area contributed by atoms with Crippen LogP contribution in [0, 0.1) is 13.8 Å². The second-order valence-corrected chi connectivity index (χ2v) is 10.3. The van der Waals surface area contributed by atoms with Crippen LogP contribution in [0.4, 0.5) is 0 Å². The monoisotopic (exact) mass is 293 g/mol. The Kier molecular flexibility index (Phi) is 4.92. The Morgan fingerprint density at radius 1 is 0.905 bits per heavy atom. The maximum absolute atomic E-state index is 4.15. The third-order valence-corrected chi connectivity index (χ3v) is 6.74. The lowest BCUT2D eigenvalue weighted by molar-refractivity contribution is 1.31. The van der Waals surface area contributed by atoms with Gasteiger partial charge in [0, 0.05) is 12.4 Å². The Morgan fingerprint density at radius 3 is 2.00 bits per heavy atom. The summed E-state index contributed by atoms with van der Waals surface area (Å²) in [6, 6.07) is 12.5. The molecule has 0 bridgehead atoms. The Labute approximate surface area is 129 Å². The largest absolute Gasteiger partial charge is 0.264 e. The van der Waals surface area contributed by atoms with E-state index in [0.29, 0.717) is 0 Å². The van der Waals surface area contributed by atoms with E-state index in [4.69, 9.17) is 0 Å². The predicted octanol–water partition coefficient (Wildman–Crippen LogP) is 5.13. The van der Waals surface area contributed by atoms with Gasteiger partial charge in [-0.15, -0.1) is 0 Å². The molecule has 0 aliphatic carbocycles. The standard InChI is InChI=1S/C11H13NSi.C8H10/c1-13(2)8-4-6-11(13)10-5-3-7-12-9-10;1-7-5-3-4-6-8(7)2/h3-9H,1-2H3;3-6H,1-2H3. The molecule has 0 atom stereocenters. The summed E-state index contributed by atoms with van der Waals surface area (Å²) in [5, 5.41) is 1.49. The molecule has 2 aromatic rings. The summed E-state index contributed by atoms with van der Waals surface area (Å²) in [7, 11) is -1.27. The smallest absolute Gasteiger partial charge is 0.105 e. The van der Waals surface area contributed by atoms with Crippen LogP contribution in [0.15, 0.2) is 66.6 Å². The molecule has 0 unspecified atom stereocenters. The third-order valence-electron chi connectivity index (χ3n) is 3.87. The van der Waals surface area contributed by atoms with Crippen molar-refractivity contribution in [2.24, 2.45) is 0 Å². The van der Waals surface area contributed by atoms with Crippen molar-refractivity contribution in [1.82, 2.24) is 4.98 Å².